The Hall–Kier alpha value is -3.97. The van der Waals surface area contributed by atoms with Crippen molar-refractivity contribution in [2.45, 2.75) is 32.1 Å². The van der Waals surface area contributed by atoms with Crippen LogP contribution < -0.4 is 0 Å². The van der Waals surface area contributed by atoms with Crippen LogP contribution in [0.1, 0.15) is 31.5 Å². The van der Waals surface area contributed by atoms with Crippen molar-refractivity contribution < 1.29 is 4.79 Å². The Kier molecular flexibility index (Phi) is 4.57. The minimum absolute atomic E-state index is 0.0369. The standard InChI is InChI=1S/C30H25N3O/c1-19-25-16-15-24-27(21-10-4-3-5-11-21)33(26-14-8-12-20-9-6-7-13-23(20)26)32-29(24)30(25,2)17-22(18-31)28(19)34/h3-14,17,19,25H,15-16H2,1-2H3/t19-,25-,30-/m1/s1. The van der Waals surface area contributed by atoms with Gasteiger partial charge in [-0.25, -0.2) is 4.68 Å². The molecule has 34 heavy (non-hydrogen) atoms. The molecule has 0 amide bonds. The summed E-state index contributed by atoms with van der Waals surface area (Å²) in [5.74, 6) is -0.102. The molecular formula is C30H25N3O. The van der Waals surface area contributed by atoms with Crippen molar-refractivity contribution in [2.24, 2.45) is 11.8 Å². The first kappa shape index (κ1) is 20.6. The number of nitrogens with zero attached hydrogens (tertiary/aromatic N) is 3. The molecule has 6 rings (SSSR count). The van der Waals surface area contributed by atoms with Gasteiger partial charge in [0.1, 0.15) is 6.07 Å². The van der Waals surface area contributed by atoms with Gasteiger partial charge in [0, 0.05) is 27.8 Å². The van der Waals surface area contributed by atoms with Crippen LogP contribution in [0, 0.1) is 23.2 Å². The summed E-state index contributed by atoms with van der Waals surface area (Å²) >= 11 is 0. The number of hydrogen-bond acceptors (Lipinski definition) is 3. The molecule has 0 spiro atoms. The molecule has 0 saturated heterocycles. The van der Waals surface area contributed by atoms with Gasteiger partial charge in [0.25, 0.3) is 0 Å². The fourth-order valence-corrected chi connectivity index (χ4v) is 6.19. The highest BCUT2D eigenvalue weighted by molar-refractivity contribution is 6.02. The van der Waals surface area contributed by atoms with E-state index in [1.54, 1.807) is 0 Å². The number of rotatable bonds is 2. The minimum Gasteiger partial charge on any atom is -0.293 e. The van der Waals surface area contributed by atoms with E-state index in [9.17, 15) is 10.1 Å². The molecule has 0 bridgehead atoms. The zero-order chi connectivity index (χ0) is 23.4. The summed E-state index contributed by atoms with van der Waals surface area (Å²) in [5, 5.41) is 17.3. The molecule has 0 aliphatic heterocycles. The van der Waals surface area contributed by atoms with Gasteiger partial charge in [-0.15, -0.1) is 0 Å². The lowest BCUT2D eigenvalue weighted by Gasteiger charge is -2.44. The topological polar surface area (TPSA) is 58.7 Å². The summed E-state index contributed by atoms with van der Waals surface area (Å²) in [7, 11) is 0. The largest absolute Gasteiger partial charge is 0.293 e. The van der Waals surface area contributed by atoms with Gasteiger partial charge < -0.3 is 0 Å². The molecule has 3 aromatic carbocycles. The summed E-state index contributed by atoms with van der Waals surface area (Å²) in [6.07, 6.45) is 3.65. The first-order valence-corrected chi connectivity index (χ1v) is 11.9. The van der Waals surface area contributed by atoms with E-state index < -0.39 is 5.41 Å². The number of aromatic nitrogens is 2. The highest BCUT2D eigenvalue weighted by Crippen LogP contribution is 2.51. The summed E-state index contributed by atoms with van der Waals surface area (Å²) < 4.78 is 2.09. The predicted octanol–water partition coefficient (Wildman–Crippen LogP) is 6.18. The zero-order valence-electron chi connectivity index (χ0n) is 19.3. The van der Waals surface area contributed by atoms with Crippen molar-refractivity contribution in [1.29, 1.82) is 5.26 Å². The molecule has 1 heterocycles. The maximum atomic E-state index is 12.8. The first-order valence-electron chi connectivity index (χ1n) is 11.9. The Balaban J connectivity index is 1.68. The maximum absolute atomic E-state index is 12.8. The number of carbonyl (C=O) groups is 1. The number of ketones is 1. The van der Waals surface area contributed by atoms with E-state index in [0.717, 1.165) is 40.9 Å². The minimum atomic E-state index is -0.467. The van der Waals surface area contributed by atoms with Crippen LogP contribution in [0.4, 0.5) is 0 Å². The van der Waals surface area contributed by atoms with Crippen LogP contribution in [0.2, 0.25) is 0 Å². The number of carbonyl (C=O) groups excluding carboxylic acids is 1. The van der Waals surface area contributed by atoms with Crippen LogP contribution in [-0.2, 0) is 16.6 Å². The van der Waals surface area contributed by atoms with Crippen molar-refractivity contribution in [2.75, 3.05) is 0 Å². The molecule has 3 atom stereocenters. The SMILES string of the molecule is C[C@H]1C(=O)C(C#N)=C[C@@]2(C)c3nn(-c4cccc5ccccc45)c(-c4ccccc4)c3CC[C@H]12. The Labute approximate surface area is 199 Å². The quantitative estimate of drug-likeness (QED) is 0.372. The molecular weight excluding hydrogens is 418 g/mol. The van der Waals surface area contributed by atoms with Crippen LogP contribution in [0.5, 0.6) is 0 Å². The fraction of sp³-hybridized carbons (Fsp3) is 0.233. The molecule has 4 nitrogen and oxygen atoms in total. The third-order valence-electron chi connectivity index (χ3n) is 7.86. The lowest BCUT2D eigenvalue weighted by atomic mass is 9.58. The van der Waals surface area contributed by atoms with Crippen molar-refractivity contribution in [3.8, 4) is 23.0 Å². The van der Waals surface area contributed by atoms with Gasteiger partial charge in [0.2, 0.25) is 0 Å². The normalized spacial score (nSPS) is 23.7. The van der Waals surface area contributed by atoms with Crippen LogP contribution in [0.25, 0.3) is 27.7 Å². The molecule has 2 aliphatic carbocycles. The Morgan fingerprint density at radius 3 is 2.56 bits per heavy atom. The molecule has 166 valence electrons. The average molecular weight is 444 g/mol. The summed E-state index contributed by atoms with van der Waals surface area (Å²) in [4.78, 5) is 12.8. The second kappa shape index (κ2) is 7.53. The van der Waals surface area contributed by atoms with E-state index in [0.29, 0.717) is 0 Å². The molecule has 1 aromatic heterocycles. The van der Waals surface area contributed by atoms with Gasteiger partial charge in [0.05, 0.1) is 22.6 Å². The third-order valence-corrected chi connectivity index (χ3v) is 7.86. The maximum Gasteiger partial charge on any atom is 0.176 e. The van der Waals surface area contributed by atoms with Crippen LogP contribution in [0.3, 0.4) is 0 Å². The number of fused-ring (bicyclic) bond motifs is 4. The lowest BCUT2D eigenvalue weighted by molar-refractivity contribution is -0.121. The molecule has 4 aromatic rings. The van der Waals surface area contributed by atoms with Crippen molar-refractivity contribution in [3.63, 3.8) is 0 Å². The summed E-state index contributed by atoms with van der Waals surface area (Å²) in [5.41, 5.74) is 5.26. The molecule has 2 aliphatic rings. The molecule has 0 fully saturated rings. The van der Waals surface area contributed by atoms with Gasteiger partial charge in [-0.1, -0.05) is 86.7 Å². The van der Waals surface area contributed by atoms with Gasteiger partial charge in [-0.2, -0.15) is 10.4 Å². The summed E-state index contributed by atoms with van der Waals surface area (Å²) in [6.45, 7) is 4.13. The molecule has 0 radical (unpaired) electrons. The number of hydrogen-bond donors (Lipinski definition) is 0. The molecule has 0 N–H and O–H groups in total. The Morgan fingerprint density at radius 1 is 1.03 bits per heavy atom. The second-order valence-corrected chi connectivity index (χ2v) is 9.70. The number of nitriles is 1. The van der Waals surface area contributed by atoms with Gasteiger partial charge in [-0.05, 0) is 30.2 Å². The lowest BCUT2D eigenvalue weighted by Crippen LogP contribution is -2.45. The Morgan fingerprint density at radius 2 is 1.76 bits per heavy atom. The fourth-order valence-electron chi connectivity index (χ4n) is 6.19. The van der Waals surface area contributed by atoms with E-state index in [2.05, 4.69) is 84.4 Å². The van der Waals surface area contributed by atoms with Crippen molar-refractivity contribution in [3.05, 3.63) is 95.7 Å². The van der Waals surface area contributed by atoms with Gasteiger partial charge >= 0.3 is 0 Å². The molecule has 0 unspecified atom stereocenters. The van der Waals surface area contributed by atoms with E-state index in [-0.39, 0.29) is 23.2 Å². The smallest absolute Gasteiger partial charge is 0.176 e. The van der Waals surface area contributed by atoms with Crippen LogP contribution in [-0.4, -0.2) is 15.6 Å². The monoisotopic (exact) mass is 443 g/mol. The van der Waals surface area contributed by atoms with Crippen molar-refractivity contribution >= 4 is 16.6 Å². The van der Waals surface area contributed by atoms with Gasteiger partial charge in [-0.3, -0.25) is 4.79 Å². The zero-order valence-corrected chi connectivity index (χ0v) is 19.3. The number of Topliss-reactive ketones (excluding diaryl/α,β-unsaturated/α-hetero) is 1. The number of benzene rings is 3. The number of allylic oxidation sites excluding steroid dienone is 2. The Bertz CT molecular complexity index is 1520. The first-order chi connectivity index (χ1) is 16.5. The van der Waals surface area contributed by atoms with E-state index in [1.807, 2.05) is 19.1 Å². The highest BCUT2D eigenvalue weighted by Gasteiger charge is 2.50. The highest BCUT2D eigenvalue weighted by atomic mass is 16.1. The van der Waals surface area contributed by atoms with Gasteiger partial charge in [0.15, 0.2) is 5.78 Å². The summed E-state index contributed by atoms with van der Waals surface area (Å²) in [6, 6.07) is 27.3. The van der Waals surface area contributed by atoms with E-state index >= 15 is 0 Å². The van der Waals surface area contributed by atoms with Crippen LogP contribution in [0.15, 0.2) is 84.4 Å². The second-order valence-electron chi connectivity index (χ2n) is 9.70. The molecule has 4 heteroatoms. The van der Waals surface area contributed by atoms with Crippen molar-refractivity contribution in [1.82, 2.24) is 9.78 Å². The third kappa shape index (κ3) is 2.83. The van der Waals surface area contributed by atoms with Crippen LogP contribution >= 0.6 is 0 Å². The molecule has 0 saturated carbocycles. The average Bonchev–Trinajstić information content (AvgIpc) is 3.27. The predicted molar refractivity (Wildman–Crippen MR) is 134 cm³/mol. The van der Waals surface area contributed by atoms with E-state index in [1.165, 1.54) is 10.9 Å². The van der Waals surface area contributed by atoms with E-state index in [4.69, 9.17) is 5.10 Å².